The summed E-state index contributed by atoms with van der Waals surface area (Å²) in [7, 11) is 0. The first kappa shape index (κ1) is 12.9. The predicted octanol–water partition coefficient (Wildman–Crippen LogP) is -0.844. The molecule has 0 saturated carbocycles. The van der Waals surface area contributed by atoms with Crippen LogP contribution in [0.2, 0.25) is 0 Å². The number of amides is 1. The minimum absolute atomic E-state index is 0.0959. The second kappa shape index (κ2) is 5.37. The number of nitrogens with zero attached hydrogens (tertiary/aromatic N) is 2. The van der Waals surface area contributed by atoms with Gasteiger partial charge in [-0.05, 0) is 19.1 Å². The van der Waals surface area contributed by atoms with Crippen molar-refractivity contribution in [2.45, 2.75) is 13.0 Å². The van der Waals surface area contributed by atoms with Gasteiger partial charge in [-0.15, -0.1) is 0 Å². The Balaban J connectivity index is 2.48. The van der Waals surface area contributed by atoms with Crippen LogP contribution in [0.5, 0.6) is 0 Å². The van der Waals surface area contributed by atoms with Crippen molar-refractivity contribution >= 4 is 17.8 Å². The number of ether oxygens (including phenoxy) is 1. The van der Waals surface area contributed by atoms with Crippen LogP contribution in [0.3, 0.4) is 0 Å². The third kappa shape index (κ3) is 2.48. The highest BCUT2D eigenvalue weighted by molar-refractivity contribution is 6.05. The summed E-state index contributed by atoms with van der Waals surface area (Å²) in [5.74, 6) is -0.135. The zero-order chi connectivity index (χ0) is 13.8. The second-order valence-electron chi connectivity index (χ2n) is 3.71. The summed E-state index contributed by atoms with van der Waals surface area (Å²) >= 11 is 0. The van der Waals surface area contributed by atoms with E-state index in [0.717, 1.165) is 0 Å². The van der Waals surface area contributed by atoms with E-state index in [9.17, 15) is 14.4 Å². The maximum Gasteiger partial charge on any atom is 0.348 e. The van der Waals surface area contributed by atoms with Gasteiger partial charge in [0.2, 0.25) is 0 Å². The lowest BCUT2D eigenvalue weighted by Gasteiger charge is -2.11. The molecule has 0 bridgehead atoms. The van der Waals surface area contributed by atoms with Crippen molar-refractivity contribution in [2.75, 3.05) is 6.61 Å². The summed E-state index contributed by atoms with van der Waals surface area (Å²) in [4.78, 5) is 42.1. The van der Waals surface area contributed by atoms with Crippen LogP contribution in [-0.2, 0) is 19.1 Å². The Kier molecular flexibility index (Phi) is 3.63. The summed E-state index contributed by atoms with van der Waals surface area (Å²) in [6, 6.07) is 5.44. The molecule has 19 heavy (non-hydrogen) atoms. The molecule has 0 radical (unpaired) electrons. The molecule has 1 aliphatic heterocycles. The third-order valence-corrected chi connectivity index (χ3v) is 2.49. The molecule has 0 spiro atoms. The molecule has 6 nitrogen and oxygen atoms in total. The van der Waals surface area contributed by atoms with E-state index in [1.165, 1.54) is 5.94 Å². The monoisotopic (exact) mass is 258 g/mol. The molecule has 1 aliphatic rings. The van der Waals surface area contributed by atoms with Crippen molar-refractivity contribution in [3.63, 3.8) is 0 Å². The molecule has 1 amide bonds. The molecule has 6 heteroatoms. The highest BCUT2D eigenvalue weighted by atomic mass is 16.5. The maximum atomic E-state index is 11.8. The van der Waals surface area contributed by atoms with Crippen LogP contribution in [-0.4, -0.2) is 30.5 Å². The van der Waals surface area contributed by atoms with Crippen LogP contribution in [0.1, 0.15) is 6.92 Å². The van der Waals surface area contributed by atoms with Gasteiger partial charge in [-0.25, -0.2) is 14.6 Å². The van der Waals surface area contributed by atoms with Gasteiger partial charge < -0.3 is 4.74 Å². The van der Waals surface area contributed by atoms with Crippen LogP contribution in [0.25, 0.3) is 0 Å². The number of esters is 1. The van der Waals surface area contributed by atoms with Crippen LogP contribution in [0.15, 0.2) is 39.8 Å². The molecule has 1 aromatic rings. The Labute approximate surface area is 108 Å². The van der Waals surface area contributed by atoms with Gasteiger partial charge >= 0.3 is 5.97 Å². The smallest absolute Gasteiger partial charge is 0.348 e. The van der Waals surface area contributed by atoms with Crippen molar-refractivity contribution in [1.29, 1.82) is 0 Å². The van der Waals surface area contributed by atoms with Crippen LogP contribution >= 0.6 is 0 Å². The molecule has 0 aromatic heterocycles. The molecular weight excluding hydrogens is 248 g/mol. The zero-order valence-corrected chi connectivity index (χ0v) is 10.1. The number of hydrogen-bond acceptors (Lipinski definition) is 5. The first-order valence-corrected chi connectivity index (χ1v) is 5.65. The van der Waals surface area contributed by atoms with Crippen molar-refractivity contribution in [2.24, 2.45) is 9.98 Å². The molecule has 2 rings (SSSR count). The van der Waals surface area contributed by atoms with Crippen molar-refractivity contribution in [1.82, 2.24) is 0 Å². The summed E-state index contributed by atoms with van der Waals surface area (Å²) in [6.45, 7) is 1.69. The predicted molar refractivity (Wildman–Crippen MR) is 63.4 cm³/mol. The SMILES string of the molecule is CCOC(=O)C(=C=O)C1N=c2ccccc2=NC1=O. The first-order valence-electron chi connectivity index (χ1n) is 5.65. The normalized spacial score (nSPS) is 16.5. The molecule has 1 atom stereocenters. The Hall–Kier alpha value is -2.59. The standard InChI is InChI=1S/C13H10N2O4/c1-2-19-13(18)8(7-16)11-12(17)15-10-6-4-3-5-9(10)14-11/h3-6,11H,2H2,1H3. The van der Waals surface area contributed by atoms with Gasteiger partial charge in [0.05, 0.1) is 17.3 Å². The van der Waals surface area contributed by atoms with E-state index in [2.05, 4.69) is 9.98 Å². The Morgan fingerprint density at radius 3 is 2.68 bits per heavy atom. The highest BCUT2D eigenvalue weighted by Crippen LogP contribution is 2.09. The second-order valence-corrected chi connectivity index (χ2v) is 3.71. The van der Waals surface area contributed by atoms with Crippen molar-refractivity contribution in [3.8, 4) is 0 Å². The van der Waals surface area contributed by atoms with E-state index in [4.69, 9.17) is 4.74 Å². The summed E-state index contributed by atoms with van der Waals surface area (Å²) in [5, 5.41) is 0.863. The minimum atomic E-state index is -1.27. The number of carbonyl (C=O) groups is 2. The quantitative estimate of drug-likeness (QED) is 0.402. The van der Waals surface area contributed by atoms with Gasteiger partial charge in [0.15, 0.2) is 11.6 Å². The Bertz CT molecular complexity index is 702. The van der Waals surface area contributed by atoms with Gasteiger partial charge in [-0.2, -0.15) is 0 Å². The van der Waals surface area contributed by atoms with E-state index >= 15 is 0 Å². The van der Waals surface area contributed by atoms with Crippen molar-refractivity contribution in [3.05, 3.63) is 40.6 Å². The lowest BCUT2D eigenvalue weighted by molar-refractivity contribution is -0.139. The lowest BCUT2D eigenvalue weighted by Crippen LogP contribution is -2.39. The summed E-state index contributed by atoms with van der Waals surface area (Å²) in [6.07, 6.45) is 0. The Morgan fingerprint density at radius 1 is 1.37 bits per heavy atom. The fraction of sp³-hybridized carbons (Fsp3) is 0.231. The molecule has 0 N–H and O–H groups in total. The average Bonchev–Trinajstić information content (AvgIpc) is 2.40. The van der Waals surface area contributed by atoms with E-state index in [1.807, 2.05) is 0 Å². The first-order chi connectivity index (χ1) is 9.17. The highest BCUT2D eigenvalue weighted by Gasteiger charge is 2.31. The summed E-state index contributed by atoms with van der Waals surface area (Å²) in [5.41, 5.74) is -0.454. The molecule has 1 aromatic carbocycles. The number of hydrogen-bond donors (Lipinski definition) is 0. The number of carbonyl (C=O) groups excluding carboxylic acids is 3. The van der Waals surface area contributed by atoms with Crippen LogP contribution < -0.4 is 10.7 Å². The van der Waals surface area contributed by atoms with E-state index in [-0.39, 0.29) is 6.61 Å². The average molecular weight is 258 g/mol. The van der Waals surface area contributed by atoms with Crippen molar-refractivity contribution < 1.29 is 19.1 Å². The van der Waals surface area contributed by atoms with Gasteiger partial charge in [-0.1, -0.05) is 12.1 Å². The molecule has 0 saturated heterocycles. The van der Waals surface area contributed by atoms with E-state index in [0.29, 0.717) is 10.7 Å². The molecule has 0 fully saturated rings. The fourth-order valence-electron chi connectivity index (χ4n) is 1.65. The van der Waals surface area contributed by atoms with Crippen LogP contribution in [0, 0.1) is 0 Å². The fourth-order valence-corrected chi connectivity index (χ4v) is 1.65. The molecule has 96 valence electrons. The number of fused-ring (bicyclic) bond motifs is 1. The van der Waals surface area contributed by atoms with Gasteiger partial charge in [-0.3, -0.25) is 9.79 Å². The third-order valence-electron chi connectivity index (χ3n) is 2.49. The van der Waals surface area contributed by atoms with E-state index < -0.39 is 23.5 Å². The van der Waals surface area contributed by atoms with Gasteiger partial charge in [0.1, 0.15) is 5.94 Å². The van der Waals surface area contributed by atoms with Gasteiger partial charge in [0.25, 0.3) is 5.91 Å². The molecule has 1 unspecified atom stereocenters. The number of para-hydroxylation sites is 2. The Morgan fingerprint density at radius 2 is 2.05 bits per heavy atom. The maximum absolute atomic E-state index is 11.8. The topological polar surface area (TPSA) is 85.2 Å². The molecule has 1 heterocycles. The minimum Gasteiger partial charge on any atom is -0.462 e. The molecule has 0 aliphatic carbocycles. The lowest BCUT2D eigenvalue weighted by atomic mass is 10.1. The summed E-state index contributed by atoms with van der Waals surface area (Å²) < 4.78 is 4.69. The zero-order valence-electron chi connectivity index (χ0n) is 10.1. The van der Waals surface area contributed by atoms with E-state index in [1.54, 1.807) is 31.2 Å². The van der Waals surface area contributed by atoms with Crippen LogP contribution in [0.4, 0.5) is 0 Å². The van der Waals surface area contributed by atoms with Gasteiger partial charge in [0, 0.05) is 0 Å². The largest absolute Gasteiger partial charge is 0.462 e. The number of rotatable bonds is 3. The molecular formula is C13H10N2O4. The number of benzene rings is 1.